The van der Waals surface area contributed by atoms with Crippen LogP contribution in [0.5, 0.6) is 11.5 Å². The van der Waals surface area contributed by atoms with Crippen LogP contribution in [0.4, 0.5) is 5.69 Å². The van der Waals surface area contributed by atoms with Crippen molar-refractivity contribution in [1.29, 1.82) is 0 Å². The summed E-state index contributed by atoms with van der Waals surface area (Å²) in [6.07, 6.45) is 0.846. The highest BCUT2D eigenvalue weighted by molar-refractivity contribution is 5.85. The maximum absolute atomic E-state index is 5.59. The number of para-hydroxylation sites is 1. The lowest BCUT2D eigenvalue weighted by atomic mass is 10.3. The molecule has 2 aromatic rings. The second-order valence-corrected chi connectivity index (χ2v) is 3.93. The highest BCUT2D eigenvalue weighted by Gasteiger charge is 1.95. The van der Waals surface area contributed by atoms with Crippen LogP contribution in [0.2, 0.25) is 0 Å². The van der Waals surface area contributed by atoms with Crippen molar-refractivity contribution in [2.75, 3.05) is 18.9 Å². The smallest absolute Gasteiger partial charge is 0.119 e. The van der Waals surface area contributed by atoms with Gasteiger partial charge in [0.25, 0.3) is 0 Å². The molecular weight excluding hydrogens is 262 g/mol. The number of benzene rings is 2. The summed E-state index contributed by atoms with van der Waals surface area (Å²) in [5.41, 5.74) is 6.34. The third-order valence-corrected chi connectivity index (χ3v) is 2.45. The standard InChI is InChI=1S/C15H17NO2.ClH/c16-13-7-9-15(10-8-13)18-12-4-11-17-14-5-2-1-3-6-14;/h1-3,5-10H,4,11-12,16H2;1H. The molecule has 0 amide bonds. The molecule has 0 saturated heterocycles. The first-order valence-electron chi connectivity index (χ1n) is 6.01. The van der Waals surface area contributed by atoms with Crippen LogP contribution >= 0.6 is 12.4 Å². The fraction of sp³-hybridized carbons (Fsp3) is 0.200. The molecule has 0 fully saturated rings. The van der Waals surface area contributed by atoms with Crippen LogP contribution in [0, 0.1) is 0 Å². The van der Waals surface area contributed by atoms with Gasteiger partial charge in [-0.3, -0.25) is 0 Å². The number of halogens is 1. The van der Waals surface area contributed by atoms with E-state index in [4.69, 9.17) is 15.2 Å². The number of nitrogens with two attached hydrogens (primary N) is 1. The number of rotatable bonds is 6. The molecule has 2 rings (SSSR count). The van der Waals surface area contributed by atoms with Gasteiger partial charge in [0.05, 0.1) is 13.2 Å². The van der Waals surface area contributed by atoms with Crippen molar-refractivity contribution in [3.63, 3.8) is 0 Å². The zero-order valence-electron chi connectivity index (χ0n) is 10.6. The van der Waals surface area contributed by atoms with E-state index in [-0.39, 0.29) is 12.4 Å². The molecule has 0 bridgehead atoms. The number of ether oxygens (including phenoxy) is 2. The third kappa shape index (κ3) is 5.53. The molecule has 102 valence electrons. The monoisotopic (exact) mass is 279 g/mol. The number of nitrogen functional groups attached to an aromatic ring is 1. The summed E-state index contributed by atoms with van der Waals surface area (Å²) in [7, 11) is 0. The van der Waals surface area contributed by atoms with Crippen molar-refractivity contribution >= 4 is 18.1 Å². The molecular formula is C15H18ClNO2. The van der Waals surface area contributed by atoms with Crippen LogP contribution in [0.1, 0.15) is 6.42 Å². The molecule has 0 atom stereocenters. The maximum Gasteiger partial charge on any atom is 0.119 e. The van der Waals surface area contributed by atoms with Gasteiger partial charge < -0.3 is 15.2 Å². The van der Waals surface area contributed by atoms with Crippen LogP contribution in [0.3, 0.4) is 0 Å². The lowest BCUT2D eigenvalue weighted by Crippen LogP contribution is -2.04. The molecule has 0 aliphatic heterocycles. The van der Waals surface area contributed by atoms with Gasteiger partial charge in [-0.1, -0.05) is 18.2 Å². The van der Waals surface area contributed by atoms with Crippen LogP contribution in [0.15, 0.2) is 54.6 Å². The summed E-state index contributed by atoms with van der Waals surface area (Å²) >= 11 is 0. The Morgan fingerprint density at radius 1 is 0.737 bits per heavy atom. The first-order chi connectivity index (χ1) is 8.84. The molecule has 4 heteroatoms. The average Bonchev–Trinajstić information content (AvgIpc) is 2.42. The van der Waals surface area contributed by atoms with Gasteiger partial charge in [-0.2, -0.15) is 0 Å². The second kappa shape index (κ2) is 8.27. The zero-order chi connectivity index (χ0) is 12.6. The van der Waals surface area contributed by atoms with Gasteiger partial charge in [-0.05, 0) is 36.4 Å². The summed E-state index contributed by atoms with van der Waals surface area (Å²) in [4.78, 5) is 0. The fourth-order valence-corrected chi connectivity index (χ4v) is 1.52. The van der Waals surface area contributed by atoms with E-state index in [1.54, 1.807) is 0 Å². The van der Waals surface area contributed by atoms with E-state index in [1.807, 2.05) is 54.6 Å². The normalized spacial score (nSPS) is 9.47. The van der Waals surface area contributed by atoms with E-state index in [0.717, 1.165) is 23.6 Å². The molecule has 3 nitrogen and oxygen atoms in total. The Balaban J connectivity index is 0.00000180. The van der Waals surface area contributed by atoms with E-state index in [0.29, 0.717) is 13.2 Å². The number of hydrogen-bond donors (Lipinski definition) is 1. The molecule has 19 heavy (non-hydrogen) atoms. The minimum absolute atomic E-state index is 0. The quantitative estimate of drug-likeness (QED) is 0.650. The predicted molar refractivity (Wildman–Crippen MR) is 80.2 cm³/mol. The highest BCUT2D eigenvalue weighted by atomic mass is 35.5. The van der Waals surface area contributed by atoms with Gasteiger partial charge in [0, 0.05) is 12.1 Å². The second-order valence-electron chi connectivity index (χ2n) is 3.93. The van der Waals surface area contributed by atoms with Crippen molar-refractivity contribution in [3.05, 3.63) is 54.6 Å². The lowest BCUT2D eigenvalue weighted by molar-refractivity contribution is 0.247. The van der Waals surface area contributed by atoms with Gasteiger partial charge in [0.1, 0.15) is 11.5 Å². The Hall–Kier alpha value is -1.87. The molecule has 0 aliphatic carbocycles. The van der Waals surface area contributed by atoms with Crippen molar-refractivity contribution in [2.24, 2.45) is 0 Å². The van der Waals surface area contributed by atoms with Crippen LogP contribution in [-0.4, -0.2) is 13.2 Å². The SMILES string of the molecule is Cl.Nc1ccc(OCCCOc2ccccc2)cc1. The lowest BCUT2D eigenvalue weighted by Gasteiger charge is -2.08. The third-order valence-electron chi connectivity index (χ3n) is 2.45. The Morgan fingerprint density at radius 2 is 1.26 bits per heavy atom. The fourth-order valence-electron chi connectivity index (χ4n) is 1.52. The van der Waals surface area contributed by atoms with Crippen molar-refractivity contribution in [3.8, 4) is 11.5 Å². The largest absolute Gasteiger partial charge is 0.493 e. The summed E-state index contributed by atoms with van der Waals surface area (Å²) in [5, 5.41) is 0. The molecule has 0 radical (unpaired) electrons. The van der Waals surface area contributed by atoms with E-state index >= 15 is 0 Å². The molecule has 0 heterocycles. The van der Waals surface area contributed by atoms with Crippen LogP contribution in [-0.2, 0) is 0 Å². The van der Waals surface area contributed by atoms with Gasteiger partial charge in [0.2, 0.25) is 0 Å². The van der Waals surface area contributed by atoms with Crippen LogP contribution in [0.25, 0.3) is 0 Å². The highest BCUT2D eigenvalue weighted by Crippen LogP contribution is 2.13. The van der Waals surface area contributed by atoms with E-state index in [1.165, 1.54) is 0 Å². The van der Waals surface area contributed by atoms with Gasteiger partial charge in [-0.15, -0.1) is 12.4 Å². The average molecular weight is 280 g/mol. The molecule has 0 aromatic heterocycles. The molecule has 2 N–H and O–H groups in total. The first-order valence-corrected chi connectivity index (χ1v) is 6.01. The number of hydrogen-bond acceptors (Lipinski definition) is 3. The Bertz CT molecular complexity index is 459. The molecule has 0 aliphatic rings. The molecule has 2 aromatic carbocycles. The van der Waals surface area contributed by atoms with Crippen LogP contribution < -0.4 is 15.2 Å². The summed E-state index contributed by atoms with van der Waals surface area (Å²) < 4.78 is 11.1. The maximum atomic E-state index is 5.59. The van der Waals surface area contributed by atoms with E-state index in [9.17, 15) is 0 Å². The van der Waals surface area contributed by atoms with E-state index < -0.39 is 0 Å². The van der Waals surface area contributed by atoms with E-state index in [2.05, 4.69) is 0 Å². The number of anilines is 1. The topological polar surface area (TPSA) is 44.5 Å². The Kier molecular flexibility index (Phi) is 6.61. The minimum Gasteiger partial charge on any atom is -0.493 e. The Morgan fingerprint density at radius 3 is 1.84 bits per heavy atom. The summed E-state index contributed by atoms with van der Waals surface area (Å²) in [6, 6.07) is 17.2. The molecule has 0 unspecified atom stereocenters. The molecule has 0 saturated carbocycles. The first kappa shape index (κ1) is 15.2. The molecule has 0 spiro atoms. The summed E-state index contributed by atoms with van der Waals surface area (Å²) in [5.74, 6) is 1.73. The Labute approximate surface area is 119 Å². The van der Waals surface area contributed by atoms with Gasteiger partial charge in [0.15, 0.2) is 0 Å². The van der Waals surface area contributed by atoms with Crippen molar-refractivity contribution < 1.29 is 9.47 Å². The van der Waals surface area contributed by atoms with Gasteiger partial charge in [-0.25, -0.2) is 0 Å². The summed E-state index contributed by atoms with van der Waals surface area (Å²) in [6.45, 7) is 1.29. The zero-order valence-corrected chi connectivity index (χ0v) is 11.4. The minimum atomic E-state index is 0. The van der Waals surface area contributed by atoms with Crippen molar-refractivity contribution in [1.82, 2.24) is 0 Å². The van der Waals surface area contributed by atoms with Gasteiger partial charge >= 0.3 is 0 Å². The van der Waals surface area contributed by atoms with Crippen molar-refractivity contribution in [2.45, 2.75) is 6.42 Å². The predicted octanol–water partition coefficient (Wildman–Crippen LogP) is 3.54.